The molecule has 0 bridgehead atoms. The van der Waals surface area contributed by atoms with Crippen LogP contribution in [0.3, 0.4) is 0 Å². The average molecular weight is 335 g/mol. The summed E-state index contributed by atoms with van der Waals surface area (Å²) in [5.41, 5.74) is 2.27. The van der Waals surface area contributed by atoms with Crippen LogP contribution in [0.5, 0.6) is 5.75 Å². The van der Waals surface area contributed by atoms with Crippen LogP contribution in [-0.4, -0.2) is 11.6 Å². The van der Waals surface area contributed by atoms with E-state index in [2.05, 4.69) is 45.3 Å². The van der Waals surface area contributed by atoms with Gasteiger partial charge in [-0.1, -0.05) is 12.1 Å². The summed E-state index contributed by atoms with van der Waals surface area (Å²) in [6.07, 6.45) is 1.82. The third-order valence-corrected chi connectivity index (χ3v) is 3.54. The van der Waals surface area contributed by atoms with E-state index in [1.807, 2.05) is 37.4 Å². The Bertz CT molecular complexity index is 525. The van der Waals surface area contributed by atoms with Gasteiger partial charge < -0.3 is 10.1 Å². The summed E-state index contributed by atoms with van der Waals surface area (Å²) in [6, 6.07) is 12.5. The number of pyridine rings is 1. The van der Waals surface area contributed by atoms with Gasteiger partial charge >= 0.3 is 0 Å². The summed E-state index contributed by atoms with van der Waals surface area (Å²) in [4.78, 5) is 4.35. The highest BCUT2D eigenvalue weighted by Gasteiger charge is 2.05. The molecule has 0 saturated heterocycles. The Kier molecular flexibility index (Phi) is 5.56. The van der Waals surface area contributed by atoms with Gasteiger partial charge in [0.2, 0.25) is 0 Å². The van der Waals surface area contributed by atoms with E-state index in [1.165, 1.54) is 5.56 Å². The van der Waals surface area contributed by atoms with E-state index >= 15 is 0 Å². The van der Waals surface area contributed by atoms with Crippen LogP contribution in [0.1, 0.15) is 31.1 Å². The van der Waals surface area contributed by atoms with E-state index in [-0.39, 0.29) is 6.04 Å². The highest BCUT2D eigenvalue weighted by molar-refractivity contribution is 9.10. The molecule has 0 aliphatic rings. The molecular weight excluding hydrogens is 316 g/mol. The normalized spacial score (nSPS) is 12.2. The van der Waals surface area contributed by atoms with Crippen molar-refractivity contribution in [1.29, 1.82) is 0 Å². The SMILES string of the molecule is CCOc1ccc(C(C)NCc2ccc(Br)cn2)cc1. The van der Waals surface area contributed by atoms with E-state index < -0.39 is 0 Å². The molecule has 20 heavy (non-hydrogen) atoms. The number of aromatic nitrogens is 1. The Hall–Kier alpha value is -1.39. The molecule has 0 aliphatic carbocycles. The van der Waals surface area contributed by atoms with Crippen molar-refractivity contribution in [2.24, 2.45) is 0 Å². The first-order chi connectivity index (χ1) is 9.69. The second-order valence-electron chi connectivity index (χ2n) is 4.57. The van der Waals surface area contributed by atoms with Crippen LogP contribution in [0.2, 0.25) is 0 Å². The van der Waals surface area contributed by atoms with Gasteiger partial charge in [-0.05, 0) is 59.6 Å². The fourth-order valence-electron chi connectivity index (χ4n) is 1.91. The summed E-state index contributed by atoms with van der Waals surface area (Å²) in [5, 5.41) is 3.47. The molecule has 2 rings (SSSR count). The minimum atomic E-state index is 0.274. The molecule has 0 aliphatic heterocycles. The van der Waals surface area contributed by atoms with Crippen molar-refractivity contribution < 1.29 is 4.74 Å². The minimum Gasteiger partial charge on any atom is -0.494 e. The number of hydrogen-bond acceptors (Lipinski definition) is 3. The largest absolute Gasteiger partial charge is 0.494 e. The van der Waals surface area contributed by atoms with Crippen LogP contribution < -0.4 is 10.1 Å². The zero-order valence-electron chi connectivity index (χ0n) is 11.8. The standard InChI is InChI=1S/C16H19BrN2O/c1-3-20-16-8-4-13(5-9-16)12(2)18-11-15-7-6-14(17)10-19-15/h4-10,12,18H,3,11H2,1-2H3. The number of hydrogen-bond donors (Lipinski definition) is 1. The molecule has 0 fully saturated rings. The van der Waals surface area contributed by atoms with E-state index in [0.717, 1.165) is 22.5 Å². The predicted molar refractivity (Wildman–Crippen MR) is 84.8 cm³/mol. The molecule has 1 aromatic carbocycles. The quantitative estimate of drug-likeness (QED) is 0.863. The van der Waals surface area contributed by atoms with Crippen LogP contribution >= 0.6 is 15.9 Å². The first kappa shape index (κ1) is 15.0. The zero-order chi connectivity index (χ0) is 14.4. The maximum absolute atomic E-state index is 5.45. The Morgan fingerprint density at radius 2 is 1.95 bits per heavy atom. The number of nitrogens with zero attached hydrogens (tertiary/aromatic N) is 1. The fraction of sp³-hybridized carbons (Fsp3) is 0.312. The van der Waals surface area contributed by atoms with Gasteiger partial charge in [0.1, 0.15) is 5.75 Å². The number of nitrogens with one attached hydrogen (secondary N) is 1. The lowest BCUT2D eigenvalue weighted by Crippen LogP contribution is -2.18. The molecular formula is C16H19BrN2O. The van der Waals surface area contributed by atoms with Gasteiger partial charge in [-0.2, -0.15) is 0 Å². The molecule has 0 spiro atoms. The second-order valence-corrected chi connectivity index (χ2v) is 5.49. The molecule has 3 nitrogen and oxygen atoms in total. The third-order valence-electron chi connectivity index (χ3n) is 3.07. The fourth-order valence-corrected chi connectivity index (χ4v) is 2.14. The Morgan fingerprint density at radius 1 is 1.20 bits per heavy atom. The summed E-state index contributed by atoms with van der Waals surface area (Å²) in [6.45, 7) is 5.59. The van der Waals surface area contributed by atoms with Crippen molar-refractivity contribution in [3.63, 3.8) is 0 Å². The van der Waals surface area contributed by atoms with Crippen molar-refractivity contribution in [3.05, 3.63) is 58.3 Å². The van der Waals surface area contributed by atoms with Crippen molar-refractivity contribution in [2.75, 3.05) is 6.61 Å². The summed E-state index contributed by atoms with van der Waals surface area (Å²) >= 11 is 3.39. The van der Waals surface area contributed by atoms with Gasteiger partial charge in [-0.3, -0.25) is 4.98 Å². The molecule has 0 saturated carbocycles. The molecule has 1 atom stereocenters. The number of ether oxygens (including phenoxy) is 1. The van der Waals surface area contributed by atoms with Crippen LogP contribution in [0.15, 0.2) is 47.1 Å². The molecule has 0 radical (unpaired) electrons. The molecule has 1 aromatic heterocycles. The van der Waals surface area contributed by atoms with Gasteiger partial charge in [0.15, 0.2) is 0 Å². The molecule has 1 unspecified atom stereocenters. The lowest BCUT2D eigenvalue weighted by molar-refractivity contribution is 0.340. The van der Waals surface area contributed by atoms with E-state index in [0.29, 0.717) is 6.61 Å². The maximum Gasteiger partial charge on any atom is 0.119 e. The Morgan fingerprint density at radius 3 is 2.55 bits per heavy atom. The summed E-state index contributed by atoms with van der Waals surface area (Å²) in [5.74, 6) is 0.915. The molecule has 1 N–H and O–H groups in total. The molecule has 0 amide bonds. The van der Waals surface area contributed by atoms with E-state index in [9.17, 15) is 0 Å². The lowest BCUT2D eigenvalue weighted by atomic mass is 10.1. The van der Waals surface area contributed by atoms with Gasteiger partial charge in [0.05, 0.1) is 12.3 Å². The highest BCUT2D eigenvalue weighted by Crippen LogP contribution is 2.18. The van der Waals surface area contributed by atoms with Crippen molar-refractivity contribution in [3.8, 4) is 5.75 Å². The molecule has 2 aromatic rings. The van der Waals surface area contributed by atoms with E-state index in [1.54, 1.807) is 0 Å². The van der Waals surface area contributed by atoms with Crippen molar-refractivity contribution in [1.82, 2.24) is 10.3 Å². The van der Waals surface area contributed by atoms with Gasteiger partial charge in [0.25, 0.3) is 0 Å². The number of benzene rings is 1. The monoisotopic (exact) mass is 334 g/mol. The number of rotatable bonds is 6. The molecule has 106 valence electrons. The van der Waals surface area contributed by atoms with Crippen LogP contribution in [0.25, 0.3) is 0 Å². The lowest BCUT2D eigenvalue weighted by Gasteiger charge is -2.14. The molecule has 4 heteroatoms. The smallest absolute Gasteiger partial charge is 0.119 e. The minimum absolute atomic E-state index is 0.274. The topological polar surface area (TPSA) is 34.1 Å². The van der Waals surface area contributed by atoms with E-state index in [4.69, 9.17) is 4.74 Å². The predicted octanol–water partition coefficient (Wildman–Crippen LogP) is 4.09. The van der Waals surface area contributed by atoms with Crippen molar-refractivity contribution in [2.45, 2.75) is 26.4 Å². The maximum atomic E-state index is 5.45. The first-order valence-electron chi connectivity index (χ1n) is 6.75. The van der Waals surface area contributed by atoms with Crippen LogP contribution in [0, 0.1) is 0 Å². The van der Waals surface area contributed by atoms with Gasteiger partial charge in [0, 0.05) is 23.3 Å². The highest BCUT2D eigenvalue weighted by atomic mass is 79.9. The Labute approximate surface area is 128 Å². The third kappa shape index (κ3) is 4.32. The van der Waals surface area contributed by atoms with Crippen LogP contribution in [0.4, 0.5) is 0 Å². The average Bonchev–Trinajstić information content (AvgIpc) is 2.47. The Balaban J connectivity index is 1.90. The van der Waals surface area contributed by atoms with Gasteiger partial charge in [-0.15, -0.1) is 0 Å². The summed E-state index contributed by atoms with van der Waals surface area (Å²) < 4.78 is 6.45. The van der Waals surface area contributed by atoms with Crippen LogP contribution in [-0.2, 0) is 6.54 Å². The summed E-state index contributed by atoms with van der Waals surface area (Å²) in [7, 11) is 0. The number of halogens is 1. The van der Waals surface area contributed by atoms with Crippen molar-refractivity contribution >= 4 is 15.9 Å². The first-order valence-corrected chi connectivity index (χ1v) is 7.55. The second kappa shape index (κ2) is 7.41. The molecule has 1 heterocycles. The van der Waals surface area contributed by atoms with Gasteiger partial charge in [-0.25, -0.2) is 0 Å². The zero-order valence-corrected chi connectivity index (χ0v) is 13.4.